The van der Waals surface area contributed by atoms with Crippen molar-refractivity contribution < 1.29 is 37.0 Å². The van der Waals surface area contributed by atoms with Gasteiger partial charge in [-0.15, -0.1) is 0 Å². The van der Waals surface area contributed by atoms with E-state index >= 15 is 0 Å². The topological polar surface area (TPSA) is 110 Å². The molecule has 11 nitrogen and oxygen atoms in total. The van der Waals surface area contributed by atoms with E-state index in [4.69, 9.17) is 14.2 Å². The van der Waals surface area contributed by atoms with Gasteiger partial charge in [0.25, 0.3) is 12.3 Å². The lowest BCUT2D eigenvalue weighted by Gasteiger charge is -2.59. The predicted molar refractivity (Wildman–Crippen MR) is 174 cm³/mol. The lowest BCUT2D eigenvalue weighted by Crippen LogP contribution is -2.65. The fourth-order valence-electron chi connectivity index (χ4n) is 6.67. The first-order valence-corrected chi connectivity index (χ1v) is 16.4. The molecule has 4 heterocycles. The second-order valence-electron chi connectivity index (χ2n) is 14.3. The van der Waals surface area contributed by atoms with Gasteiger partial charge in [-0.2, -0.15) is 0 Å². The van der Waals surface area contributed by atoms with Crippen LogP contribution in [0.25, 0.3) is 0 Å². The lowest BCUT2D eigenvalue weighted by atomic mass is 9.61. The summed E-state index contributed by atoms with van der Waals surface area (Å²) in [5.74, 6) is 0.0508. The van der Waals surface area contributed by atoms with Gasteiger partial charge >= 0.3 is 6.09 Å². The number of aromatic nitrogens is 3. The third kappa shape index (κ3) is 7.52. The first kappa shape index (κ1) is 34.3. The van der Waals surface area contributed by atoms with Crippen LogP contribution >= 0.6 is 0 Å². The largest absolute Gasteiger partial charge is 0.490 e. The Balaban J connectivity index is 1.10. The number of hydrogen-bond donors (Lipinski definition) is 0. The van der Waals surface area contributed by atoms with Crippen LogP contribution in [-0.4, -0.2) is 87.1 Å². The number of nitrogens with zero attached hydrogens (tertiary/aromatic N) is 6. The number of anilines is 1. The van der Waals surface area contributed by atoms with E-state index < -0.39 is 36.3 Å². The van der Waals surface area contributed by atoms with Gasteiger partial charge in [-0.05, 0) is 71.7 Å². The molecule has 0 bridgehead atoms. The maximum Gasteiger partial charge on any atom is 0.410 e. The minimum absolute atomic E-state index is 0.00315. The molecule has 3 aliphatic rings. The Morgan fingerprint density at radius 1 is 1.08 bits per heavy atom. The van der Waals surface area contributed by atoms with E-state index in [-0.39, 0.29) is 34.7 Å². The van der Waals surface area contributed by atoms with Gasteiger partial charge in [-0.1, -0.05) is 0 Å². The van der Waals surface area contributed by atoms with Crippen molar-refractivity contribution in [2.45, 2.75) is 84.6 Å². The molecule has 1 spiro atoms. The highest BCUT2D eigenvalue weighted by Crippen LogP contribution is 2.52. The van der Waals surface area contributed by atoms with Crippen LogP contribution in [0.5, 0.6) is 17.2 Å². The summed E-state index contributed by atoms with van der Waals surface area (Å²) in [5.41, 5.74) is 1.10. The van der Waals surface area contributed by atoms with Gasteiger partial charge in [0.05, 0.1) is 30.5 Å². The van der Waals surface area contributed by atoms with Crippen molar-refractivity contribution in [2.24, 2.45) is 5.41 Å². The fraction of sp³-hybridized carbons (Fsp3) is 0.514. The molecule has 49 heavy (non-hydrogen) atoms. The number of amides is 2. The van der Waals surface area contributed by atoms with Gasteiger partial charge in [-0.25, -0.2) is 27.9 Å². The number of ether oxygens (including phenoxy) is 3. The second-order valence-corrected chi connectivity index (χ2v) is 14.3. The molecular formula is C35H41F3N6O5. The molecule has 1 aliphatic carbocycles. The van der Waals surface area contributed by atoms with Crippen LogP contribution < -0.4 is 14.4 Å². The molecule has 0 atom stereocenters. The van der Waals surface area contributed by atoms with Gasteiger partial charge < -0.3 is 28.9 Å². The van der Waals surface area contributed by atoms with Crippen molar-refractivity contribution in [3.63, 3.8) is 0 Å². The van der Waals surface area contributed by atoms with Crippen LogP contribution in [-0.2, 0) is 17.7 Å². The minimum Gasteiger partial charge on any atom is -0.490 e. The number of rotatable bonds is 9. The number of carbonyl (C=O) groups is 2. The zero-order valence-electron chi connectivity index (χ0n) is 28.3. The number of hydrogen-bond acceptors (Lipinski definition) is 9. The van der Waals surface area contributed by atoms with Crippen LogP contribution in [0.15, 0.2) is 43.0 Å². The molecule has 3 aromatic rings. The Morgan fingerprint density at radius 2 is 1.84 bits per heavy atom. The van der Waals surface area contributed by atoms with Crippen LogP contribution in [0.2, 0.25) is 0 Å². The Labute approximate surface area is 283 Å². The summed E-state index contributed by atoms with van der Waals surface area (Å²) in [6, 6.07) is 4.74. The second kappa shape index (κ2) is 13.4. The van der Waals surface area contributed by atoms with E-state index in [1.807, 2.05) is 31.7 Å². The van der Waals surface area contributed by atoms with E-state index in [9.17, 15) is 22.8 Å². The number of halogens is 3. The van der Waals surface area contributed by atoms with Crippen molar-refractivity contribution in [1.29, 1.82) is 0 Å². The van der Waals surface area contributed by atoms with Crippen LogP contribution in [0, 0.1) is 11.2 Å². The Bertz CT molecular complexity index is 1700. The quantitative estimate of drug-likeness (QED) is 0.258. The van der Waals surface area contributed by atoms with Gasteiger partial charge in [-0.3, -0.25) is 9.78 Å². The molecule has 6 rings (SSSR count). The third-order valence-electron chi connectivity index (χ3n) is 8.96. The average molecular weight is 683 g/mol. The number of pyridine rings is 1. The fourth-order valence-corrected chi connectivity index (χ4v) is 6.67. The number of fused-ring (bicyclic) bond motifs is 1. The summed E-state index contributed by atoms with van der Waals surface area (Å²) in [7, 11) is 0. The molecule has 1 saturated heterocycles. The predicted octanol–water partition coefficient (Wildman–Crippen LogP) is 6.26. The molecule has 1 saturated carbocycles. The number of alkyl halides is 2. The molecule has 2 aliphatic heterocycles. The zero-order chi connectivity index (χ0) is 35.1. The average Bonchev–Trinajstić information content (AvgIpc) is 3.00. The standard InChI is InChI=1S/C35H41F3N6O5/c1-21(2)44(17-30(37)38)32(45)24-12-22(36)6-7-27(24)48-29-15-39-20-41-31(29)43-18-35(19-43)13-23(14-35)47-28-8-10-40-26-9-11-42(16-25(26)28)33(46)49-34(3,4)5/h6-8,10,12,15,20-21,23,30H,9,11,13-14,16-19H2,1-5H3. The molecule has 2 aromatic heterocycles. The Morgan fingerprint density at radius 3 is 2.53 bits per heavy atom. The van der Waals surface area contributed by atoms with E-state index in [2.05, 4.69) is 15.0 Å². The van der Waals surface area contributed by atoms with E-state index in [0.29, 0.717) is 38.4 Å². The summed E-state index contributed by atoms with van der Waals surface area (Å²) in [5, 5.41) is 0. The van der Waals surface area contributed by atoms with Crippen LogP contribution in [0.3, 0.4) is 0 Å². The van der Waals surface area contributed by atoms with E-state index in [1.165, 1.54) is 18.6 Å². The smallest absolute Gasteiger partial charge is 0.410 e. The maximum absolute atomic E-state index is 14.3. The van der Waals surface area contributed by atoms with Gasteiger partial charge in [0.1, 0.15) is 35.3 Å². The molecule has 14 heteroatoms. The molecule has 0 N–H and O–H groups in total. The van der Waals surface area contributed by atoms with Gasteiger partial charge in [0, 0.05) is 49.3 Å². The van der Waals surface area contributed by atoms with Crippen LogP contribution in [0.4, 0.5) is 23.8 Å². The molecule has 1 aromatic carbocycles. The van der Waals surface area contributed by atoms with Gasteiger partial charge in [0.2, 0.25) is 0 Å². The Hall–Kier alpha value is -4.62. The first-order valence-electron chi connectivity index (χ1n) is 16.4. The zero-order valence-corrected chi connectivity index (χ0v) is 28.3. The SMILES string of the molecule is CC(C)N(CC(F)F)C(=O)c1cc(F)ccc1Oc1cncnc1N1CC2(CC(Oc3ccnc4c3CN(C(=O)OC(C)(C)C)CC4)C2)C1. The van der Waals surface area contributed by atoms with E-state index in [1.54, 1.807) is 24.9 Å². The molecule has 0 unspecified atom stereocenters. The Kier molecular flexibility index (Phi) is 9.34. The van der Waals surface area contributed by atoms with Crippen molar-refractivity contribution in [3.8, 4) is 17.2 Å². The maximum atomic E-state index is 14.3. The van der Waals surface area contributed by atoms with Crippen molar-refractivity contribution in [2.75, 3.05) is 31.1 Å². The van der Waals surface area contributed by atoms with Gasteiger partial charge in [0.15, 0.2) is 11.6 Å². The first-order chi connectivity index (χ1) is 23.2. The van der Waals surface area contributed by atoms with Crippen molar-refractivity contribution in [3.05, 3.63) is 65.6 Å². The summed E-state index contributed by atoms with van der Waals surface area (Å²) in [6.45, 7) is 10.3. The summed E-state index contributed by atoms with van der Waals surface area (Å²) < 4.78 is 59.0. The molecule has 2 fully saturated rings. The molecule has 262 valence electrons. The summed E-state index contributed by atoms with van der Waals surface area (Å²) in [6.07, 6.45) is 3.76. The third-order valence-corrected chi connectivity index (χ3v) is 8.96. The normalized spacial score (nSPS) is 17.0. The minimum atomic E-state index is -2.75. The summed E-state index contributed by atoms with van der Waals surface area (Å²) >= 11 is 0. The van der Waals surface area contributed by atoms with Crippen molar-refractivity contribution >= 4 is 17.8 Å². The monoisotopic (exact) mass is 682 g/mol. The lowest BCUT2D eigenvalue weighted by molar-refractivity contribution is -0.0353. The highest BCUT2D eigenvalue weighted by molar-refractivity contribution is 5.97. The highest BCUT2D eigenvalue weighted by atomic mass is 19.3. The van der Waals surface area contributed by atoms with Crippen LogP contribution in [0.1, 0.15) is 69.1 Å². The molecule has 0 radical (unpaired) electrons. The number of carbonyl (C=O) groups excluding carboxylic acids is 2. The van der Waals surface area contributed by atoms with E-state index in [0.717, 1.165) is 46.9 Å². The van der Waals surface area contributed by atoms with Crippen molar-refractivity contribution in [1.82, 2.24) is 24.8 Å². The highest BCUT2D eigenvalue weighted by Gasteiger charge is 2.54. The molecule has 2 amide bonds. The number of benzene rings is 1. The molecular weight excluding hydrogens is 641 g/mol. The summed E-state index contributed by atoms with van der Waals surface area (Å²) in [4.78, 5) is 43.8.